The summed E-state index contributed by atoms with van der Waals surface area (Å²) in [4.78, 5) is 3.90. The lowest BCUT2D eigenvalue weighted by Crippen LogP contribution is -1.99. The van der Waals surface area contributed by atoms with Crippen molar-refractivity contribution >= 4 is 11.6 Å². The minimum atomic E-state index is -0.983. The van der Waals surface area contributed by atoms with Crippen LogP contribution < -0.4 is 0 Å². The summed E-state index contributed by atoms with van der Waals surface area (Å²) in [6.07, 6.45) is 2.73. The van der Waals surface area contributed by atoms with Gasteiger partial charge in [0, 0.05) is 22.8 Å². The number of imidazole rings is 1. The van der Waals surface area contributed by atoms with Crippen LogP contribution in [0, 0.1) is 17.5 Å². The van der Waals surface area contributed by atoms with E-state index < -0.39 is 17.5 Å². The van der Waals surface area contributed by atoms with Crippen LogP contribution in [0.2, 0.25) is 5.02 Å². The highest BCUT2D eigenvalue weighted by atomic mass is 35.5. The Morgan fingerprint density at radius 3 is 2.19 bits per heavy atom. The molecule has 0 atom stereocenters. The molecule has 0 aliphatic heterocycles. The number of hydrogen-bond acceptors (Lipinski definition) is 1. The second-order valence-corrected chi connectivity index (χ2v) is 4.81. The van der Waals surface area contributed by atoms with Crippen LogP contribution >= 0.6 is 11.6 Å². The van der Waals surface area contributed by atoms with Crippen molar-refractivity contribution in [1.82, 2.24) is 9.55 Å². The summed E-state index contributed by atoms with van der Waals surface area (Å²) in [5.41, 5.74) is 0.492. The van der Waals surface area contributed by atoms with Crippen LogP contribution in [0.3, 0.4) is 0 Å². The molecule has 0 saturated heterocycles. The largest absolute Gasteiger partial charge is 0.299 e. The van der Waals surface area contributed by atoms with Gasteiger partial charge in [-0.2, -0.15) is 0 Å². The van der Waals surface area contributed by atoms with E-state index in [9.17, 15) is 13.2 Å². The molecular weight excluding hydrogens is 301 g/mol. The Kier molecular flexibility index (Phi) is 3.43. The summed E-state index contributed by atoms with van der Waals surface area (Å²) in [5, 5.41) is 0.541. The summed E-state index contributed by atoms with van der Waals surface area (Å²) in [5.74, 6) is -2.93. The minimum absolute atomic E-state index is 0.187. The molecule has 0 bridgehead atoms. The first kappa shape index (κ1) is 13.7. The molecule has 0 radical (unpaired) electrons. The average molecular weight is 309 g/mol. The third-order valence-corrected chi connectivity index (χ3v) is 3.26. The van der Waals surface area contributed by atoms with E-state index in [0.29, 0.717) is 22.8 Å². The number of nitrogens with zero attached hydrogens (tertiary/aromatic N) is 2. The maximum absolute atomic E-state index is 13.9. The molecule has 1 aromatic heterocycles. The van der Waals surface area contributed by atoms with E-state index >= 15 is 0 Å². The zero-order valence-corrected chi connectivity index (χ0v) is 11.3. The molecule has 0 aliphatic carbocycles. The van der Waals surface area contributed by atoms with Gasteiger partial charge in [0.2, 0.25) is 0 Å². The number of halogens is 4. The van der Waals surface area contributed by atoms with Crippen LogP contribution in [0.5, 0.6) is 0 Å². The zero-order valence-electron chi connectivity index (χ0n) is 10.5. The fourth-order valence-electron chi connectivity index (χ4n) is 2.07. The molecule has 2 aromatic carbocycles. The zero-order chi connectivity index (χ0) is 15.0. The van der Waals surface area contributed by atoms with Gasteiger partial charge in [0.25, 0.3) is 0 Å². The first-order valence-corrected chi connectivity index (χ1v) is 6.37. The van der Waals surface area contributed by atoms with Crippen molar-refractivity contribution in [3.8, 4) is 16.9 Å². The summed E-state index contributed by atoms with van der Waals surface area (Å²) in [6.45, 7) is 0. The molecule has 0 spiro atoms. The van der Waals surface area contributed by atoms with Crippen LogP contribution in [0.25, 0.3) is 16.9 Å². The highest BCUT2D eigenvalue weighted by Gasteiger charge is 2.17. The summed E-state index contributed by atoms with van der Waals surface area (Å²) >= 11 is 5.81. The SMILES string of the molecule is Fc1cc(F)c(-c2cncn2-c2ccc(Cl)cc2)c(F)c1. The Labute approximate surface area is 123 Å². The van der Waals surface area contributed by atoms with Gasteiger partial charge in [-0.05, 0) is 24.3 Å². The maximum Gasteiger partial charge on any atom is 0.138 e. The molecule has 0 amide bonds. The van der Waals surface area contributed by atoms with Gasteiger partial charge >= 0.3 is 0 Å². The van der Waals surface area contributed by atoms with E-state index in [-0.39, 0.29) is 11.3 Å². The van der Waals surface area contributed by atoms with Crippen molar-refractivity contribution < 1.29 is 13.2 Å². The summed E-state index contributed by atoms with van der Waals surface area (Å²) in [7, 11) is 0. The molecule has 6 heteroatoms. The van der Waals surface area contributed by atoms with Gasteiger partial charge in [0.1, 0.15) is 17.5 Å². The molecule has 0 unspecified atom stereocenters. The highest BCUT2D eigenvalue weighted by Crippen LogP contribution is 2.29. The lowest BCUT2D eigenvalue weighted by molar-refractivity contribution is 0.547. The van der Waals surface area contributed by atoms with Crippen LogP contribution in [0.4, 0.5) is 13.2 Å². The first-order valence-electron chi connectivity index (χ1n) is 5.99. The second kappa shape index (κ2) is 5.26. The number of hydrogen-bond donors (Lipinski definition) is 0. The van der Waals surface area contributed by atoms with Crippen LogP contribution in [-0.2, 0) is 0 Å². The minimum Gasteiger partial charge on any atom is -0.299 e. The van der Waals surface area contributed by atoms with Gasteiger partial charge in [-0.1, -0.05) is 11.6 Å². The van der Waals surface area contributed by atoms with E-state index in [1.54, 1.807) is 24.3 Å². The smallest absolute Gasteiger partial charge is 0.138 e. The Bertz CT molecular complexity index is 774. The standard InChI is InChI=1S/C15H8ClF3N2/c16-9-1-3-11(4-2-9)21-8-20-7-14(21)15-12(18)5-10(17)6-13(15)19/h1-8H. The topological polar surface area (TPSA) is 17.8 Å². The predicted molar refractivity (Wildman–Crippen MR) is 73.9 cm³/mol. The third kappa shape index (κ3) is 2.52. The van der Waals surface area contributed by atoms with Crippen molar-refractivity contribution in [2.24, 2.45) is 0 Å². The molecule has 0 N–H and O–H groups in total. The first-order chi connectivity index (χ1) is 10.1. The number of benzene rings is 2. The maximum atomic E-state index is 13.9. The molecule has 0 saturated carbocycles. The predicted octanol–water partition coefficient (Wildman–Crippen LogP) is 4.61. The fraction of sp³-hybridized carbons (Fsp3) is 0. The van der Waals surface area contributed by atoms with Gasteiger partial charge < -0.3 is 0 Å². The molecular formula is C15H8ClF3N2. The van der Waals surface area contributed by atoms with Crippen molar-refractivity contribution in [2.45, 2.75) is 0 Å². The monoisotopic (exact) mass is 308 g/mol. The Balaban J connectivity index is 2.18. The Morgan fingerprint density at radius 1 is 0.952 bits per heavy atom. The summed E-state index contributed by atoms with van der Waals surface area (Å²) < 4.78 is 42.3. The van der Waals surface area contributed by atoms with E-state index in [1.165, 1.54) is 17.1 Å². The highest BCUT2D eigenvalue weighted by molar-refractivity contribution is 6.30. The van der Waals surface area contributed by atoms with Crippen molar-refractivity contribution in [3.63, 3.8) is 0 Å². The Hall–Kier alpha value is -2.27. The molecule has 0 aliphatic rings. The average Bonchev–Trinajstić information content (AvgIpc) is 2.87. The summed E-state index contributed by atoms with van der Waals surface area (Å²) in [6, 6.07) is 7.95. The van der Waals surface area contributed by atoms with E-state index in [0.717, 1.165) is 0 Å². The van der Waals surface area contributed by atoms with Crippen LogP contribution in [0.1, 0.15) is 0 Å². The van der Waals surface area contributed by atoms with Gasteiger partial charge in [-0.15, -0.1) is 0 Å². The normalized spacial score (nSPS) is 10.9. The quantitative estimate of drug-likeness (QED) is 0.676. The van der Waals surface area contributed by atoms with Crippen molar-refractivity contribution in [3.05, 3.63) is 71.4 Å². The fourth-order valence-corrected chi connectivity index (χ4v) is 2.20. The van der Waals surface area contributed by atoms with Crippen LogP contribution in [0.15, 0.2) is 48.9 Å². The molecule has 3 aromatic rings. The van der Waals surface area contributed by atoms with Crippen LogP contribution in [-0.4, -0.2) is 9.55 Å². The molecule has 3 rings (SSSR count). The van der Waals surface area contributed by atoms with Gasteiger partial charge in [-0.3, -0.25) is 4.57 Å². The lowest BCUT2D eigenvalue weighted by Gasteiger charge is -2.10. The van der Waals surface area contributed by atoms with Crippen molar-refractivity contribution in [2.75, 3.05) is 0 Å². The third-order valence-electron chi connectivity index (χ3n) is 3.01. The molecule has 0 fully saturated rings. The van der Waals surface area contributed by atoms with E-state index in [2.05, 4.69) is 4.98 Å². The number of rotatable bonds is 2. The molecule has 2 nitrogen and oxygen atoms in total. The second-order valence-electron chi connectivity index (χ2n) is 4.37. The van der Waals surface area contributed by atoms with Crippen molar-refractivity contribution in [1.29, 1.82) is 0 Å². The van der Waals surface area contributed by atoms with E-state index in [1.807, 2.05) is 0 Å². The number of aromatic nitrogens is 2. The van der Waals surface area contributed by atoms with Gasteiger partial charge in [0.15, 0.2) is 0 Å². The van der Waals surface area contributed by atoms with Gasteiger partial charge in [0.05, 0.1) is 23.8 Å². The van der Waals surface area contributed by atoms with E-state index in [4.69, 9.17) is 11.6 Å². The van der Waals surface area contributed by atoms with Gasteiger partial charge in [-0.25, -0.2) is 18.2 Å². The lowest BCUT2D eigenvalue weighted by atomic mass is 10.1. The Morgan fingerprint density at radius 2 is 1.57 bits per heavy atom. The molecule has 106 valence electrons. The molecule has 21 heavy (non-hydrogen) atoms. The molecule has 1 heterocycles.